The molecule has 1 aliphatic heterocycles. The molecule has 4 rings (SSSR count). The SMILES string of the molecule is CN1CCc2cccc3c2[C@@H]1Cc1cc(O)c(O)cc1-3. The van der Waals surface area contributed by atoms with Gasteiger partial charge in [0.15, 0.2) is 11.5 Å². The van der Waals surface area contributed by atoms with E-state index in [2.05, 4.69) is 30.1 Å². The molecule has 20 heavy (non-hydrogen) atoms. The molecule has 2 N–H and O–H groups in total. The van der Waals surface area contributed by atoms with E-state index in [0.717, 1.165) is 30.5 Å². The van der Waals surface area contributed by atoms with Crippen LogP contribution in [0.2, 0.25) is 0 Å². The fourth-order valence-electron chi connectivity index (χ4n) is 3.64. The van der Waals surface area contributed by atoms with Gasteiger partial charge >= 0.3 is 0 Å². The van der Waals surface area contributed by atoms with Gasteiger partial charge in [-0.15, -0.1) is 0 Å². The second-order valence-corrected chi connectivity index (χ2v) is 5.83. The molecule has 102 valence electrons. The first-order chi connectivity index (χ1) is 9.65. The molecule has 2 aromatic rings. The van der Waals surface area contributed by atoms with Crippen molar-refractivity contribution in [1.29, 1.82) is 0 Å². The number of likely N-dealkylation sites (N-methyl/N-ethyl adjacent to an activating group) is 1. The van der Waals surface area contributed by atoms with Crippen LogP contribution in [0.15, 0.2) is 30.3 Å². The number of benzene rings is 2. The molecule has 2 aliphatic rings. The first kappa shape index (κ1) is 11.8. The predicted octanol–water partition coefficient (Wildman–Crippen LogP) is 2.85. The zero-order chi connectivity index (χ0) is 13.9. The Morgan fingerprint density at radius 1 is 1.05 bits per heavy atom. The van der Waals surface area contributed by atoms with Crippen molar-refractivity contribution < 1.29 is 10.2 Å². The molecule has 1 heterocycles. The fraction of sp³-hybridized carbons (Fsp3) is 0.294. The van der Waals surface area contributed by atoms with Crippen molar-refractivity contribution in [1.82, 2.24) is 4.90 Å². The van der Waals surface area contributed by atoms with Gasteiger partial charge in [-0.05, 0) is 59.8 Å². The first-order valence-electron chi connectivity index (χ1n) is 7.02. The highest BCUT2D eigenvalue weighted by Crippen LogP contribution is 2.47. The zero-order valence-electron chi connectivity index (χ0n) is 11.4. The molecule has 0 amide bonds. The Kier molecular flexibility index (Phi) is 2.36. The number of aromatic hydroxyl groups is 2. The Morgan fingerprint density at radius 2 is 1.85 bits per heavy atom. The van der Waals surface area contributed by atoms with Crippen molar-refractivity contribution in [3.05, 3.63) is 47.0 Å². The van der Waals surface area contributed by atoms with E-state index in [1.807, 2.05) is 0 Å². The third-order valence-corrected chi connectivity index (χ3v) is 4.70. The van der Waals surface area contributed by atoms with E-state index < -0.39 is 0 Å². The minimum atomic E-state index is -0.0380. The van der Waals surface area contributed by atoms with Crippen molar-refractivity contribution in [3.63, 3.8) is 0 Å². The van der Waals surface area contributed by atoms with Gasteiger partial charge in [-0.1, -0.05) is 18.2 Å². The molecule has 0 radical (unpaired) electrons. The topological polar surface area (TPSA) is 43.7 Å². The fourth-order valence-corrected chi connectivity index (χ4v) is 3.64. The molecule has 1 aliphatic carbocycles. The summed E-state index contributed by atoms with van der Waals surface area (Å²) in [6, 6.07) is 10.2. The number of hydrogen-bond donors (Lipinski definition) is 2. The van der Waals surface area contributed by atoms with Gasteiger partial charge in [0.1, 0.15) is 0 Å². The Labute approximate surface area is 118 Å². The molecule has 1 atom stereocenters. The van der Waals surface area contributed by atoms with Crippen LogP contribution in [0.5, 0.6) is 11.5 Å². The largest absolute Gasteiger partial charge is 0.504 e. The minimum absolute atomic E-state index is 0.0261. The molecule has 3 nitrogen and oxygen atoms in total. The monoisotopic (exact) mass is 267 g/mol. The standard InChI is InChI=1S/C17H17NO2/c1-18-6-5-10-3-2-4-12-13-9-16(20)15(19)8-11(13)7-14(18)17(10)12/h2-4,8-9,14,19-20H,5-7H2,1H3/t14-/m0/s1. The third-order valence-electron chi connectivity index (χ3n) is 4.70. The van der Waals surface area contributed by atoms with Crippen molar-refractivity contribution in [2.24, 2.45) is 0 Å². The summed E-state index contributed by atoms with van der Waals surface area (Å²) in [6.45, 7) is 1.07. The Balaban J connectivity index is 2.02. The summed E-state index contributed by atoms with van der Waals surface area (Å²) in [4.78, 5) is 2.39. The maximum absolute atomic E-state index is 9.80. The van der Waals surface area contributed by atoms with Crippen molar-refractivity contribution in [2.45, 2.75) is 18.9 Å². The van der Waals surface area contributed by atoms with Gasteiger partial charge in [-0.2, -0.15) is 0 Å². The van der Waals surface area contributed by atoms with Crippen LogP contribution in [0.4, 0.5) is 0 Å². The third kappa shape index (κ3) is 1.50. The molecule has 0 saturated heterocycles. The second-order valence-electron chi connectivity index (χ2n) is 5.83. The maximum atomic E-state index is 9.80. The predicted molar refractivity (Wildman–Crippen MR) is 78.0 cm³/mol. The van der Waals surface area contributed by atoms with Gasteiger partial charge in [-0.25, -0.2) is 0 Å². The van der Waals surface area contributed by atoms with Gasteiger partial charge in [0.05, 0.1) is 0 Å². The molecule has 3 heteroatoms. The van der Waals surface area contributed by atoms with Gasteiger partial charge < -0.3 is 10.2 Å². The van der Waals surface area contributed by atoms with Crippen LogP contribution in [0.1, 0.15) is 22.7 Å². The van der Waals surface area contributed by atoms with E-state index in [4.69, 9.17) is 0 Å². The summed E-state index contributed by atoms with van der Waals surface area (Å²) in [6.07, 6.45) is 1.97. The van der Waals surface area contributed by atoms with E-state index in [1.54, 1.807) is 12.1 Å². The molecule has 2 aromatic carbocycles. The molecule has 0 aromatic heterocycles. The molecule has 0 fully saturated rings. The highest BCUT2D eigenvalue weighted by molar-refractivity contribution is 5.77. The highest BCUT2D eigenvalue weighted by atomic mass is 16.3. The first-order valence-corrected chi connectivity index (χ1v) is 7.02. The maximum Gasteiger partial charge on any atom is 0.158 e. The lowest BCUT2D eigenvalue weighted by molar-refractivity contribution is 0.228. The molecule has 0 bridgehead atoms. The average Bonchev–Trinajstić information content (AvgIpc) is 2.45. The smallest absolute Gasteiger partial charge is 0.158 e. The number of hydrogen-bond acceptors (Lipinski definition) is 3. The number of phenols is 2. The average molecular weight is 267 g/mol. The number of rotatable bonds is 0. The van der Waals surface area contributed by atoms with Crippen LogP contribution in [0.3, 0.4) is 0 Å². The number of nitrogens with zero attached hydrogens (tertiary/aromatic N) is 1. The summed E-state index contributed by atoms with van der Waals surface area (Å²) >= 11 is 0. The lowest BCUT2D eigenvalue weighted by Gasteiger charge is -2.39. The van der Waals surface area contributed by atoms with E-state index in [9.17, 15) is 10.2 Å². The quantitative estimate of drug-likeness (QED) is 0.721. The number of phenolic OH excluding ortho intramolecular Hbond substituents is 2. The van der Waals surface area contributed by atoms with Crippen molar-refractivity contribution in [2.75, 3.05) is 13.6 Å². The summed E-state index contributed by atoms with van der Waals surface area (Å²) in [5, 5.41) is 19.6. The normalized spacial score (nSPS) is 20.4. The van der Waals surface area contributed by atoms with E-state index in [1.165, 1.54) is 16.7 Å². The summed E-state index contributed by atoms with van der Waals surface area (Å²) < 4.78 is 0. The van der Waals surface area contributed by atoms with Crippen molar-refractivity contribution >= 4 is 0 Å². The Bertz CT molecular complexity index is 708. The zero-order valence-corrected chi connectivity index (χ0v) is 11.4. The number of fused-ring (bicyclic) bond motifs is 2. The van der Waals surface area contributed by atoms with Crippen LogP contribution < -0.4 is 0 Å². The summed E-state index contributed by atoms with van der Waals surface area (Å²) in [5.74, 6) is -0.0641. The van der Waals surface area contributed by atoms with Crippen LogP contribution >= 0.6 is 0 Å². The van der Waals surface area contributed by atoms with Crippen LogP contribution in [-0.2, 0) is 12.8 Å². The van der Waals surface area contributed by atoms with Gasteiger partial charge in [0, 0.05) is 12.6 Å². The molecule has 0 spiro atoms. The Morgan fingerprint density at radius 3 is 2.70 bits per heavy atom. The van der Waals surface area contributed by atoms with Crippen LogP contribution in [0, 0.1) is 0 Å². The van der Waals surface area contributed by atoms with Crippen LogP contribution in [0.25, 0.3) is 11.1 Å². The van der Waals surface area contributed by atoms with Crippen molar-refractivity contribution in [3.8, 4) is 22.6 Å². The summed E-state index contributed by atoms with van der Waals surface area (Å²) in [5.41, 5.74) is 6.20. The molecular formula is C17H17NO2. The molecule has 0 saturated carbocycles. The van der Waals surface area contributed by atoms with E-state index in [-0.39, 0.29) is 11.5 Å². The highest BCUT2D eigenvalue weighted by Gasteiger charge is 2.32. The van der Waals surface area contributed by atoms with Gasteiger partial charge in [-0.3, -0.25) is 4.90 Å². The lowest BCUT2D eigenvalue weighted by atomic mass is 9.77. The minimum Gasteiger partial charge on any atom is -0.504 e. The van der Waals surface area contributed by atoms with Gasteiger partial charge in [0.25, 0.3) is 0 Å². The Hall–Kier alpha value is -2.00. The molecular weight excluding hydrogens is 250 g/mol. The van der Waals surface area contributed by atoms with E-state index >= 15 is 0 Å². The van der Waals surface area contributed by atoms with Crippen LogP contribution in [-0.4, -0.2) is 28.7 Å². The second kappa shape index (κ2) is 4.00. The summed E-state index contributed by atoms with van der Waals surface area (Å²) in [7, 11) is 2.16. The lowest BCUT2D eigenvalue weighted by Crippen LogP contribution is -2.35. The van der Waals surface area contributed by atoms with E-state index in [0.29, 0.717) is 6.04 Å². The van der Waals surface area contributed by atoms with Gasteiger partial charge in [0.2, 0.25) is 0 Å². The molecule has 0 unspecified atom stereocenters.